The van der Waals surface area contributed by atoms with E-state index in [0.717, 1.165) is 42.8 Å². The summed E-state index contributed by atoms with van der Waals surface area (Å²) in [5.41, 5.74) is 2.13. The molecule has 0 aliphatic carbocycles. The molecule has 1 fully saturated rings. The van der Waals surface area contributed by atoms with Crippen LogP contribution in [0.5, 0.6) is 5.75 Å². The average molecular weight is 306 g/mol. The Morgan fingerprint density at radius 2 is 2.14 bits per heavy atom. The van der Waals surface area contributed by atoms with Crippen molar-refractivity contribution in [2.45, 2.75) is 38.8 Å². The summed E-state index contributed by atoms with van der Waals surface area (Å²) in [6, 6.07) is 5.85. The first-order valence-electron chi connectivity index (χ1n) is 7.86. The van der Waals surface area contributed by atoms with Crippen molar-refractivity contribution in [3.8, 4) is 5.75 Å². The number of rotatable bonds is 6. The van der Waals surface area contributed by atoms with Crippen molar-refractivity contribution in [3.63, 3.8) is 0 Å². The Kier molecular flexibility index (Phi) is 6.21. The number of amides is 1. The molecule has 1 aromatic rings. The van der Waals surface area contributed by atoms with Gasteiger partial charge in [-0.3, -0.25) is 4.79 Å². The monoisotopic (exact) mass is 306 g/mol. The van der Waals surface area contributed by atoms with Gasteiger partial charge in [-0.1, -0.05) is 17.7 Å². The summed E-state index contributed by atoms with van der Waals surface area (Å²) in [5.74, 6) is 0.701. The summed E-state index contributed by atoms with van der Waals surface area (Å²) >= 11 is 0. The molecule has 0 spiro atoms. The molecule has 1 unspecified atom stereocenters. The molecule has 1 atom stereocenters. The van der Waals surface area contributed by atoms with Crippen molar-refractivity contribution in [2.75, 3.05) is 26.8 Å². The zero-order valence-corrected chi connectivity index (χ0v) is 13.6. The van der Waals surface area contributed by atoms with Gasteiger partial charge in [0.15, 0.2) is 0 Å². The van der Waals surface area contributed by atoms with Gasteiger partial charge < -0.3 is 20.1 Å². The smallest absolute Gasteiger partial charge is 0.246 e. The predicted octanol–water partition coefficient (Wildman–Crippen LogP) is 1.95. The fourth-order valence-corrected chi connectivity index (χ4v) is 2.71. The van der Waals surface area contributed by atoms with E-state index in [0.29, 0.717) is 0 Å². The van der Waals surface area contributed by atoms with Gasteiger partial charge in [-0.15, -0.1) is 0 Å². The summed E-state index contributed by atoms with van der Waals surface area (Å²) in [4.78, 5) is 12.1. The third-order valence-corrected chi connectivity index (χ3v) is 3.97. The second-order valence-corrected chi connectivity index (χ2v) is 5.79. The molecule has 2 rings (SSSR count). The van der Waals surface area contributed by atoms with E-state index in [1.807, 2.05) is 32.0 Å². The molecule has 5 heteroatoms. The largest absolute Gasteiger partial charge is 0.496 e. The molecule has 1 saturated heterocycles. The Bertz CT molecular complexity index is 499. The minimum absolute atomic E-state index is 0.0883. The maximum atomic E-state index is 12.1. The van der Waals surface area contributed by atoms with Crippen LogP contribution in [0, 0.1) is 6.92 Å². The van der Waals surface area contributed by atoms with Crippen molar-refractivity contribution in [1.82, 2.24) is 10.6 Å². The number of methoxy groups -OCH3 is 1. The summed E-state index contributed by atoms with van der Waals surface area (Å²) in [5, 5.41) is 6.26. The van der Waals surface area contributed by atoms with E-state index in [-0.39, 0.29) is 24.7 Å². The number of piperidine rings is 1. The highest BCUT2D eigenvalue weighted by Gasteiger charge is 2.17. The molecule has 5 nitrogen and oxygen atoms in total. The van der Waals surface area contributed by atoms with Crippen LogP contribution >= 0.6 is 0 Å². The fourth-order valence-electron chi connectivity index (χ4n) is 2.71. The average Bonchev–Trinajstić information content (AvgIpc) is 2.54. The lowest BCUT2D eigenvalue weighted by Crippen LogP contribution is -2.36. The van der Waals surface area contributed by atoms with Crippen LogP contribution in [0.2, 0.25) is 0 Å². The van der Waals surface area contributed by atoms with Crippen molar-refractivity contribution in [2.24, 2.45) is 0 Å². The highest BCUT2D eigenvalue weighted by Crippen LogP contribution is 2.25. The zero-order valence-electron chi connectivity index (χ0n) is 13.6. The third kappa shape index (κ3) is 4.71. The van der Waals surface area contributed by atoms with Crippen molar-refractivity contribution in [1.29, 1.82) is 0 Å². The second kappa shape index (κ2) is 8.15. The van der Waals surface area contributed by atoms with Crippen molar-refractivity contribution < 1.29 is 14.3 Å². The number of ether oxygens (including phenoxy) is 2. The van der Waals surface area contributed by atoms with E-state index >= 15 is 0 Å². The van der Waals surface area contributed by atoms with E-state index < -0.39 is 0 Å². The van der Waals surface area contributed by atoms with Crippen LogP contribution in [0.3, 0.4) is 0 Å². The summed E-state index contributed by atoms with van der Waals surface area (Å²) in [6.07, 6.45) is 2.12. The topological polar surface area (TPSA) is 59.6 Å². The Morgan fingerprint density at radius 3 is 2.82 bits per heavy atom. The molecule has 1 amide bonds. The lowest BCUT2D eigenvalue weighted by molar-refractivity contribution is -0.128. The van der Waals surface area contributed by atoms with Gasteiger partial charge in [-0.05, 0) is 45.8 Å². The number of hydrogen-bond acceptors (Lipinski definition) is 4. The molecule has 0 radical (unpaired) electrons. The van der Waals surface area contributed by atoms with Gasteiger partial charge in [-0.2, -0.15) is 0 Å². The fraction of sp³-hybridized carbons (Fsp3) is 0.588. The lowest BCUT2D eigenvalue weighted by Gasteiger charge is -2.23. The lowest BCUT2D eigenvalue weighted by atomic mass is 10.0. The second-order valence-electron chi connectivity index (χ2n) is 5.79. The van der Waals surface area contributed by atoms with Crippen LogP contribution in [0.1, 0.15) is 36.9 Å². The number of carbonyl (C=O) groups excluding carboxylic acids is 1. The molecular weight excluding hydrogens is 280 g/mol. The molecule has 0 bridgehead atoms. The number of nitrogens with one attached hydrogen (secondary N) is 2. The highest BCUT2D eigenvalue weighted by atomic mass is 16.5. The number of aryl methyl sites for hydroxylation is 1. The first kappa shape index (κ1) is 16.8. The standard InChI is InChI=1S/C17H26N2O3/c1-12-4-5-16(21-3)15(10-12)13(2)19-17(20)11-22-14-6-8-18-9-7-14/h4-5,10,13-14,18H,6-9,11H2,1-3H3,(H,19,20). The van der Waals surface area contributed by atoms with Crippen LogP contribution in [0.15, 0.2) is 18.2 Å². The molecular formula is C17H26N2O3. The molecule has 2 N–H and O–H groups in total. The van der Waals surface area contributed by atoms with E-state index in [9.17, 15) is 4.79 Å². The van der Waals surface area contributed by atoms with E-state index in [1.165, 1.54) is 0 Å². The first-order valence-corrected chi connectivity index (χ1v) is 7.86. The Hall–Kier alpha value is -1.59. The summed E-state index contributed by atoms with van der Waals surface area (Å²) in [6.45, 7) is 6.02. The van der Waals surface area contributed by atoms with E-state index in [2.05, 4.69) is 10.6 Å². The Balaban J connectivity index is 1.86. The van der Waals surface area contributed by atoms with Gasteiger partial charge in [0.2, 0.25) is 5.91 Å². The third-order valence-electron chi connectivity index (χ3n) is 3.97. The Morgan fingerprint density at radius 1 is 1.41 bits per heavy atom. The van der Waals surface area contributed by atoms with Crippen LogP contribution in [-0.2, 0) is 9.53 Å². The van der Waals surface area contributed by atoms with Gasteiger partial charge in [-0.25, -0.2) is 0 Å². The van der Waals surface area contributed by atoms with Crippen molar-refractivity contribution >= 4 is 5.91 Å². The maximum absolute atomic E-state index is 12.1. The molecule has 1 heterocycles. The molecule has 0 aromatic heterocycles. The SMILES string of the molecule is COc1ccc(C)cc1C(C)NC(=O)COC1CCNCC1. The van der Waals surface area contributed by atoms with E-state index in [1.54, 1.807) is 7.11 Å². The molecule has 0 saturated carbocycles. The summed E-state index contributed by atoms with van der Waals surface area (Å²) in [7, 11) is 1.64. The minimum Gasteiger partial charge on any atom is -0.496 e. The quantitative estimate of drug-likeness (QED) is 0.843. The van der Waals surface area contributed by atoms with Crippen molar-refractivity contribution in [3.05, 3.63) is 29.3 Å². The minimum atomic E-state index is -0.112. The number of benzene rings is 1. The first-order chi connectivity index (χ1) is 10.6. The normalized spacial score (nSPS) is 17.0. The molecule has 1 aliphatic heterocycles. The van der Waals surface area contributed by atoms with Gasteiger partial charge in [0.1, 0.15) is 12.4 Å². The number of hydrogen-bond donors (Lipinski definition) is 2. The molecule has 122 valence electrons. The predicted molar refractivity (Wildman–Crippen MR) is 86.1 cm³/mol. The highest BCUT2D eigenvalue weighted by molar-refractivity contribution is 5.77. The molecule has 1 aliphatic rings. The zero-order chi connectivity index (χ0) is 15.9. The van der Waals surface area contributed by atoms with Crippen LogP contribution < -0.4 is 15.4 Å². The summed E-state index contributed by atoms with van der Waals surface area (Å²) < 4.78 is 11.0. The van der Waals surface area contributed by atoms with Crippen LogP contribution in [-0.4, -0.2) is 38.8 Å². The van der Waals surface area contributed by atoms with E-state index in [4.69, 9.17) is 9.47 Å². The van der Waals surface area contributed by atoms with Gasteiger partial charge in [0.25, 0.3) is 0 Å². The van der Waals surface area contributed by atoms with Gasteiger partial charge in [0.05, 0.1) is 19.3 Å². The van der Waals surface area contributed by atoms with Gasteiger partial charge >= 0.3 is 0 Å². The van der Waals surface area contributed by atoms with Crippen LogP contribution in [0.4, 0.5) is 0 Å². The molecule has 1 aromatic carbocycles. The molecule has 22 heavy (non-hydrogen) atoms. The van der Waals surface area contributed by atoms with Gasteiger partial charge in [0, 0.05) is 5.56 Å². The Labute approximate surface area is 132 Å². The maximum Gasteiger partial charge on any atom is 0.246 e. The van der Waals surface area contributed by atoms with Crippen LogP contribution in [0.25, 0.3) is 0 Å². The number of carbonyl (C=O) groups is 1.